The molecule has 2 unspecified atom stereocenters. The van der Waals surface area contributed by atoms with E-state index in [9.17, 15) is 27.0 Å². The second-order valence-corrected chi connectivity index (χ2v) is 9.51. The quantitative estimate of drug-likeness (QED) is 0.397. The molecule has 2 atom stereocenters. The molecular weight excluding hydrogens is 477 g/mol. The summed E-state index contributed by atoms with van der Waals surface area (Å²) < 4.78 is 66.0. The topological polar surface area (TPSA) is 73.2 Å². The van der Waals surface area contributed by atoms with Gasteiger partial charge in [0.05, 0.1) is 13.2 Å². The van der Waals surface area contributed by atoms with Crippen molar-refractivity contribution in [2.24, 2.45) is 0 Å². The number of aryl methyl sites for hydroxylation is 1. The van der Waals surface area contributed by atoms with Crippen LogP contribution in [0.2, 0.25) is 0 Å². The van der Waals surface area contributed by atoms with Gasteiger partial charge in [-0.05, 0) is 55.1 Å². The van der Waals surface area contributed by atoms with E-state index in [4.69, 9.17) is 0 Å². The maximum atomic E-state index is 12.4. The molecule has 0 aliphatic carbocycles. The van der Waals surface area contributed by atoms with Crippen molar-refractivity contribution in [1.29, 1.82) is 0 Å². The molecule has 1 heterocycles. The smallest absolute Gasteiger partial charge is 0.406 e. The summed E-state index contributed by atoms with van der Waals surface area (Å²) in [4.78, 5) is 1.86. The van der Waals surface area contributed by atoms with Crippen molar-refractivity contribution < 1.29 is 31.8 Å². The van der Waals surface area contributed by atoms with Gasteiger partial charge in [-0.2, -0.15) is 0 Å². The summed E-state index contributed by atoms with van der Waals surface area (Å²) >= 11 is -0.873. The van der Waals surface area contributed by atoms with Crippen molar-refractivity contribution in [3.63, 3.8) is 0 Å². The first-order valence-electron chi connectivity index (χ1n) is 10.1. The fraction of sp³-hybridized carbons (Fsp3) is 0.364. The molecule has 1 aromatic heterocycles. The van der Waals surface area contributed by atoms with E-state index in [2.05, 4.69) is 4.74 Å². The van der Waals surface area contributed by atoms with Crippen LogP contribution in [0, 0.1) is 6.92 Å². The average Bonchev–Trinajstić information content (AvgIpc) is 3.07. The van der Waals surface area contributed by atoms with Crippen molar-refractivity contribution in [1.82, 2.24) is 4.90 Å². The maximum absolute atomic E-state index is 12.4. The summed E-state index contributed by atoms with van der Waals surface area (Å²) in [6.07, 6.45) is -4.38. The van der Waals surface area contributed by atoms with E-state index in [1.54, 1.807) is 7.05 Å². The van der Waals surface area contributed by atoms with Crippen LogP contribution in [0.15, 0.2) is 48.5 Å². The third-order valence-corrected chi connectivity index (χ3v) is 7.43. The zero-order chi connectivity index (χ0) is 24.2. The molecule has 0 spiro atoms. The van der Waals surface area contributed by atoms with Gasteiger partial charge in [-0.1, -0.05) is 30.3 Å². The number of nitrogens with zero attached hydrogens (tertiary/aromatic N) is 2. The Hall–Kier alpha value is -2.18. The number of aliphatic hydroxyl groups is 1. The summed E-state index contributed by atoms with van der Waals surface area (Å²) in [7, 11) is 1.79. The molecule has 33 heavy (non-hydrogen) atoms. The number of anilines is 1. The molecule has 0 aliphatic heterocycles. The fourth-order valence-electron chi connectivity index (χ4n) is 3.61. The molecule has 3 rings (SSSR count). The lowest BCUT2D eigenvalue weighted by molar-refractivity contribution is -0.274. The minimum atomic E-state index is -4.76. The molecule has 0 amide bonds. The Morgan fingerprint density at radius 1 is 1.15 bits per heavy atom. The number of thiophene rings is 1. The van der Waals surface area contributed by atoms with E-state index in [0.717, 1.165) is 21.2 Å². The van der Waals surface area contributed by atoms with E-state index in [1.807, 2.05) is 36.1 Å². The van der Waals surface area contributed by atoms with Crippen LogP contribution in [0.3, 0.4) is 0 Å². The molecule has 0 radical (unpaired) electrons. The third kappa shape index (κ3) is 6.67. The Morgan fingerprint density at radius 3 is 2.39 bits per heavy atom. The average molecular weight is 503 g/mol. The van der Waals surface area contributed by atoms with Gasteiger partial charge in [-0.25, -0.2) is 4.21 Å². The van der Waals surface area contributed by atoms with Crippen LogP contribution >= 0.6 is 11.3 Å². The standard InChI is InChI=1S/C22H25F3N2O4S2/c1-15-19-5-3-4-6-20(19)32-21(15)27(33(29)30)14-17(26(2)11-12-28)13-16-7-9-18(10-8-16)31-22(23,24)25/h3-10,17,28H,11-14H2,1-2H3,(H,29,30). The summed E-state index contributed by atoms with van der Waals surface area (Å²) in [6.45, 7) is 2.31. The molecule has 0 aliphatic rings. The number of alkyl halides is 3. The van der Waals surface area contributed by atoms with Crippen LogP contribution in [-0.2, 0) is 17.7 Å². The number of hydrogen-bond acceptors (Lipinski definition) is 5. The van der Waals surface area contributed by atoms with Gasteiger partial charge >= 0.3 is 6.36 Å². The highest BCUT2D eigenvalue weighted by molar-refractivity contribution is 7.81. The molecule has 2 N–H and O–H groups in total. The monoisotopic (exact) mass is 502 g/mol. The minimum Gasteiger partial charge on any atom is -0.406 e. The molecule has 0 saturated heterocycles. The van der Waals surface area contributed by atoms with Gasteiger partial charge in [0, 0.05) is 17.3 Å². The Bertz CT molecular complexity index is 1090. The zero-order valence-corrected chi connectivity index (χ0v) is 19.7. The van der Waals surface area contributed by atoms with Gasteiger partial charge in [0.25, 0.3) is 11.3 Å². The SMILES string of the molecule is Cc1c(N(CC(Cc2ccc(OC(F)(F)F)cc2)N(C)CCO)S(=O)O)sc2ccccc12. The van der Waals surface area contributed by atoms with E-state index in [1.165, 1.54) is 39.9 Å². The van der Waals surface area contributed by atoms with Crippen molar-refractivity contribution in [2.75, 3.05) is 31.0 Å². The molecule has 2 aromatic carbocycles. The first-order chi connectivity index (χ1) is 15.6. The predicted octanol–water partition coefficient (Wildman–Crippen LogP) is 4.59. The first-order valence-corrected chi connectivity index (χ1v) is 12.0. The number of hydrogen-bond donors (Lipinski definition) is 2. The second kappa shape index (κ2) is 10.8. The third-order valence-electron chi connectivity index (χ3n) is 5.31. The fourth-order valence-corrected chi connectivity index (χ4v) is 5.61. The Balaban J connectivity index is 1.86. The largest absolute Gasteiger partial charge is 0.573 e. The van der Waals surface area contributed by atoms with Crippen LogP contribution < -0.4 is 9.04 Å². The molecule has 0 bridgehead atoms. The lowest BCUT2D eigenvalue weighted by atomic mass is 10.0. The van der Waals surface area contributed by atoms with Gasteiger partial charge in [0.1, 0.15) is 10.8 Å². The number of aliphatic hydroxyl groups excluding tert-OH is 1. The van der Waals surface area contributed by atoms with Gasteiger partial charge < -0.3 is 9.84 Å². The van der Waals surface area contributed by atoms with Crippen molar-refractivity contribution >= 4 is 37.7 Å². The molecule has 11 heteroatoms. The lowest BCUT2D eigenvalue weighted by Crippen LogP contribution is -2.45. The van der Waals surface area contributed by atoms with Crippen LogP contribution in [0.25, 0.3) is 10.1 Å². The second-order valence-electron chi connectivity index (χ2n) is 7.57. The molecule has 180 valence electrons. The maximum Gasteiger partial charge on any atom is 0.573 e. The molecule has 3 aromatic rings. The minimum absolute atomic E-state index is 0.102. The Kier molecular flexibility index (Phi) is 8.35. The molecule has 0 fully saturated rings. The molecule has 6 nitrogen and oxygen atoms in total. The highest BCUT2D eigenvalue weighted by Gasteiger charge is 2.31. The highest BCUT2D eigenvalue weighted by atomic mass is 32.2. The van der Waals surface area contributed by atoms with Gasteiger partial charge in [0.15, 0.2) is 0 Å². The first kappa shape index (κ1) is 25.4. The van der Waals surface area contributed by atoms with Gasteiger partial charge in [0.2, 0.25) is 0 Å². The van der Waals surface area contributed by atoms with E-state index in [-0.39, 0.29) is 24.9 Å². The summed E-state index contributed by atoms with van der Waals surface area (Å²) in [5, 5.41) is 11.1. The summed E-state index contributed by atoms with van der Waals surface area (Å²) in [6, 6.07) is 13.0. The van der Waals surface area contributed by atoms with Crippen molar-refractivity contribution in [3.8, 4) is 5.75 Å². The van der Waals surface area contributed by atoms with Crippen LogP contribution in [-0.4, -0.2) is 57.9 Å². The van der Waals surface area contributed by atoms with E-state index >= 15 is 0 Å². The number of ether oxygens (including phenoxy) is 1. The van der Waals surface area contributed by atoms with Crippen LogP contribution in [0.4, 0.5) is 18.2 Å². The number of rotatable bonds is 10. The van der Waals surface area contributed by atoms with Gasteiger partial charge in [-0.3, -0.25) is 13.8 Å². The van der Waals surface area contributed by atoms with Crippen LogP contribution in [0.1, 0.15) is 11.1 Å². The normalized spacial score (nSPS) is 13.9. The number of likely N-dealkylation sites (N-methyl/N-ethyl adjacent to an activating group) is 1. The lowest BCUT2D eigenvalue weighted by Gasteiger charge is -2.32. The summed E-state index contributed by atoms with van der Waals surface area (Å²) in [5.74, 6) is -0.314. The highest BCUT2D eigenvalue weighted by Crippen LogP contribution is 2.38. The Labute approximate surface area is 196 Å². The van der Waals surface area contributed by atoms with Crippen molar-refractivity contribution in [2.45, 2.75) is 25.7 Å². The molecular formula is C22H25F3N2O4S2. The van der Waals surface area contributed by atoms with E-state index < -0.39 is 17.6 Å². The number of halogens is 3. The number of benzene rings is 2. The predicted molar refractivity (Wildman–Crippen MR) is 125 cm³/mol. The van der Waals surface area contributed by atoms with E-state index in [0.29, 0.717) is 18.0 Å². The van der Waals surface area contributed by atoms with Gasteiger partial charge in [-0.15, -0.1) is 24.5 Å². The van der Waals surface area contributed by atoms with Crippen LogP contribution in [0.5, 0.6) is 5.75 Å². The Morgan fingerprint density at radius 2 is 1.82 bits per heavy atom. The number of fused-ring (bicyclic) bond motifs is 1. The summed E-state index contributed by atoms with van der Waals surface area (Å²) in [5.41, 5.74) is 1.63. The van der Waals surface area contributed by atoms with Crippen molar-refractivity contribution in [3.05, 3.63) is 59.7 Å². The molecule has 0 saturated carbocycles. The zero-order valence-electron chi connectivity index (χ0n) is 18.1.